The van der Waals surface area contributed by atoms with E-state index >= 15 is 0 Å². The molecular formula is C7H7NS2. The van der Waals surface area contributed by atoms with E-state index in [9.17, 15) is 0 Å². The third kappa shape index (κ3) is 1.51. The van der Waals surface area contributed by atoms with Crippen molar-refractivity contribution in [3.63, 3.8) is 0 Å². The first-order valence-electron chi connectivity index (χ1n) is 2.89. The average Bonchev–Trinajstić information content (AvgIpc) is 2.14. The fourth-order valence-corrected chi connectivity index (χ4v) is 1.67. The fourth-order valence-electron chi connectivity index (χ4n) is 0.654. The molecule has 1 aromatic rings. The fraction of sp³-hybridized carbons (Fsp3) is 0.286. The average molecular weight is 169 g/mol. The van der Waals surface area contributed by atoms with Crippen LogP contribution in [0, 0.1) is 13.8 Å². The van der Waals surface area contributed by atoms with E-state index in [1.165, 1.54) is 10.4 Å². The van der Waals surface area contributed by atoms with Crippen LogP contribution in [0.4, 0.5) is 5.00 Å². The number of aryl methyl sites for hydroxylation is 2. The van der Waals surface area contributed by atoms with Crippen LogP contribution in [0.2, 0.25) is 0 Å². The normalized spacial score (nSPS) is 9.00. The summed E-state index contributed by atoms with van der Waals surface area (Å²) in [5.41, 5.74) is 1.27. The van der Waals surface area contributed by atoms with E-state index in [0.29, 0.717) is 0 Å². The Morgan fingerprint density at radius 2 is 2.30 bits per heavy atom. The summed E-state index contributed by atoms with van der Waals surface area (Å²) in [7, 11) is 0. The number of thiophene rings is 1. The van der Waals surface area contributed by atoms with Gasteiger partial charge < -0.3 is 0 Å². The summed E-state index contributed by atoms with van der Waals surface area (Å²) in [4.78, 5) is 5.17. The molecule has 3 heteroatoms. The van der Waals surface area contributed by atoms with Gasteiger partial charge >= 0.3 is 0 Å². The van der Waals surface area contributed by atoms with Gasteiger partial charge in [-0.2, -0.15) is 4.99 Å². The molecule has 0 unspecified atom stereocenters. The molecule has 1 heterocycles. The van der Waals surface area contributed by atoms with Gasteiger partial charge in [0, 0.05) is 4.88 Å². The minimum Gasteiger partial charge on any atom is -0.184 e. The van der Waals surface area contributed by atoms with Crippen LogP contribution < -0.4 is 0 Å². The molecule has 0 bridgehead atoms. The zero-order valence-electron chi connectivity index (χ0n) is 5.84. The van der Waals surface area contributed by atoms with Gasteiger partial charge in [0.25, 0.3) is 0 Å². The smallest absolute Gasteiger partial charge is 0.127 e. The maximum Gasteiger partial charge on any atom is 0.127 e. The lowest BCUT2D eigenvalue weighted by Gasteiger charge is -1.79. The van der Waals surface area contributed by atoms with Crippen molar-refractivity contribution >= 4 is 33.7 Å². The maximum atomic E-state index is 4.48. The quantitative estimate of drug-likeness (QED) is 0.465. The Bertz CT molecular complexity index is 262. The van der Waals surface area contributed by atoms with E-state index in [0.717, 1.165) is 5.00 Å². The summed E-state index contributed by atoms with van der Waals surface area (Å²) >= 11 is 6.12. The van der Waals surface area contributed by atoms with Gasteiger partial charge in [0.05, 0.1) is 5.16 Å². The minimum absolute atomic E-state index is 0.949. The zero-order chi connectivity index (χ0) is 7.56. The molecule has 1 rings (SSSR count). The van der Waals surface area contributed by atoms with Gasteiger partial charge in [-0.05, 0) is 37.7 Å². The molecule has 0 saturated heterocycles. The molecule has 0 atom stereocenters. The summed E-state index contributed by atoms with van der Waals surface area (Å²) in [5, 5.41) is 3.29. The van der Waals surface area contributed by atoms with Crippen molar-refractivity contribution in [1.82, 2.24) is 0 Å². The Morgan fingerprint density at radius 3 is 2.70 bits per heavy atom. The van der Waals surface area contributed by atoms with Crippen LogP contribution >= 0.6 is 23.6 Å². The minimum atomic E-state index is 0.949. The van der Waals surface area contributed by atoms with Crippen molar-refractivity contribution in [1.29, 1.82) is 0 Å². The Labute approximate surface area is 69.4 Å². The summed E-state index contributed by atoms with van der Waals surface area (Å²) in [6, 6.07) is 2.01. The monoisotopic (exact) mass is 169 g/mol. The molecule has 10 heavy (non-hydrogen) atoms. The summed E-state index contributed by atoms with van der Waals surface area (Å²) < 4.78 is 0. The molecule has 0 aliphatic carbocycles. The lowest BCUT2D eigenvalue weighted by atomic mass is 10.3. The van der Waals surface area contributed by atoms with Gasteiger partial charge in [0.15, 0.2) is 0 Å². The molecular weight excluding hydrogens is 162 g/mol. The Hall–Kier alpha value is -0.500. The van der Waals surface area contributed by atoms with Crippen molar-refractivity contribution in [2.24, 2.45) is 4.99 Å². The van der Waals surface area contributed by atoms with Crippen molar-refractivity contribution in [3.8, 4) is 0 Å². The van der Waals surface area contributed by atoms with Gasteiger partial charge in [-0.3, -0.25) is 0 Å². The van der Waals surface area contributed by atoms with E-state index < -0.39 is 0 Å². The molecule has 0 aliphatic heterocycles. The van der Waals surface area contributed by atoms with Crippen LogP contribution in [0.1, 0.15) is 10.4 Å². The highest BCUT2D eigenvalue weighted by Crippen LogP contribution is 2.27. The van der Waals surface area contributed by atoms with E-state index in [2.05, 4.69) is 36.2 Å². The second-order valence-electron chi connectivity index (χ2n) is 2.03. The molecule has 0 saturated carbocycles. The molecule has 0 N–H and O–H groups in total. The van der Waals surface area contributed by atoms with Gasteiger partial charge in [-0.1, -0.05) is 0 Å². The third-order valence-electron chi connectivity index (χ3n) is 1.31. The van der Waals surface area contributed by atoms with Crippen molar-refractivity contribution in [2.45, 2.75) is 13.8 Å². The predicted molar refractivity (Wildman–Crippen MR) is 48.5 cm³/mol. The SMILES string of the molecule is Cc1cc(N=C=S)sc1C. The molecule has 52 valence electrons. The second-order valence-corrected chi connectivity index (χ2v) is 3.44. The number of nitrogens with zero attached hydrogens (tertiary/aromatic N) is 1. The molecule has 1 nitrogen and oxygen atoms in total. The maximum absolute atomic E-state index is 4.48. The van der Waals surface area contributed by atoms with Crippen LogP contribution in [0.5, 0.6) is 0 Å². The van der Waals surface area contributed by atoms with Crippen LogP contribution in [-0.4, -0.2) is 5.16 Å². The summed E-state index contributed by atoms with van der Waals surface area (Å²) in [6.07, 6.45) is 0. The van der Waals surface area contributed by atoms with Crippen LogP contribution in [0.15, 0.2) is 11.1 Å². The number of hydrogen-bond acceptors (Lipinski definition) is 3. The Kier molecular flexibility index (Phi) is 2.33. The van der Waals surface area contributed by atoms with Crippen molar-refractivity contribution < 1.29 is 0 Å². The van der Waals surface area contributed by atoms with E-state index in [1.54, 1.807) is 11.3 Å². The lowest BCUT2D eigenvalue weighted by molar-refractivity contribution is 1.44. The predicted octanol–water partition coefficient (Wildman–Crippen LogP) is 3.10. The highest BCUT2D eigenvalue weighted by atomic mass is 32.1. The number of isothiocyanates is 1. The number of aliphatic imine (C=N–C) groups is 1. The first-order chi connectivity index (χ1) is 4.74. The van der Waals surface area contributed by atoms with E-state index in [4.69, 9.17) is 0 Å². The van der Waals surface area contributed by atoms with Gasteiger partial charge in [0.1, 0.15) is 5.00 Å². The number of rotatable bonds is 1. The largest absolute Gasteiger partial charge is 0.184 e. The molecule has 0 aromatic carbocycles. The molecule has 0 aliphatic rings. The van der Waals surface area contributed by atoms with Gasteiger partial charge in [0.2, 0.25) is 0 Å². The number of thiocarbonyl (C=S) groups is 1. The van der Waals surface area contributed by atoms with Gasteiger partial charge in [-0.25, -0.2) is 0 Å². The highest BCUT2D eigenvalue weighted by molar-refractivity contribution is 7.78. The van der Waals surface area contributed by atoms with Crippen LogP contribution in [0.3, 0.4) is 0 Å². The summed E-state index contributed by atoms with van der Waals surface area (Å²) in [5.74, 6) is 0. The van der Waals surface area contributed by atoms with Crippen molar-refractivity contribution in [2.75, 3.05) is 0 Å². The molecule has 0 amide bonds. The first kappa shape index (κ1) is 7.61. The summed E-state index contributed by atoms with van der Waals surface area (Å²) in [6.45, 7) is 4.14. The second kappa shape index (κ2) is 3.06. The van der Waals surface area contributed by atoms with Crippen molar-refractivity contribution in [3.05, 3.63) is 16.5 Å². The first-order valence-corrected chi connectivity index (χ1v) is 4.11. The highest BCUT2D eigenvalue weighted by Gasteiger charge is 1.97. The molecule has 1 aromatic heterocycles. The van der Waals surface area contributed by atoms with E-state index in [-0.39, 0.29) is 0 Å². The lowest BCUT2D eigenvalue weighted by Crippen LogP contribution is -1.61. The number of hydrogen-bond donors (Lipinski definition) is 0. The molecule has 0 spiro atoms. The Balaban J connectivity index is 3.09. The third-order valence-corrected chi connectivity index (χ3v) is 2.45. The van der Waals surface area contributed by atoms with Crippen LogP contribution in [-0.2, 0) is 0 Å². The zero-order valence-corrected chi connectivity index (χ0v) is 7.47. The van der Waals surface area contributed by atoms with Gasteiger partial charge in [-0.15, -0.1) is 11.3 Å². The topological polar surface area (TPSA) is 12.4 Å². The van der Waals surface area contributed by atoms with Crippen LogP contribution in [0.25, 0.3) is 0 Å². The standard InChI is InChI=1S/C7H7NS2/c1-5-3-7(8-4-9)10-6(5)2/h3H,1-2H3. The molecule has 0 fully saturated rings. The van der Waals surface area contributed by atoms with E-state index in [1.807, 2.05) is 6.07 Å². The molecule has 0 radical (unpaired) electrons. The Morgan fingerprint density at radius 1 is 1.60 bits per heavy atom.